The fourth-order valence-corrected chi connectivity index (χ4v) is 5.50. The maximum absolute atomic E-state index is 12.7. The number of benzene rings is 2. The number of primary amides is 1. The molecule has 0 spiro atoms. The fraction of sp³-hybridized carbons (Fsp3) is 0.333. The molecule has 0 saturated carbocycles. The van der Waals surface area contributed by atoms with E-state index < -0.39 is 5.91 Å². The molecule has 0 bridgehead atoms. The van der Waals surface area contributed by atoms with Gasteiger partial charge in [-0.15, -0.1) is 11.3 Å². The van der Waals surface area contributed by atoms with E-state index in [-0.39, 0.29) is 12.5 Å². The first-order valence-corrected chi connectivity index (χ1v) is 11.3. The van der Waals surface area contributed by atoms with Crippen LogP contribution in [0.1, 0.15) is 39.2 Å². The summed E-state index contributed by atoms with van der Waals surface area (Å²) in [6.45, 7) is 0.862. The summed E-state index contributed by atoms with van der Waals surface area (Å²) in [6, 6.07) is 12.2. The van der Waals surface area contributed by atoms with Gasteiger partial charge in [-0.25, -0.2) is 0 Å². The Bertz CT molecular complexity index is 1140. The number of carbonyl (C=O) groups is 2. The Morgan fingerprint density at radius 3 is 2.65 bits per heavy atom. The third-order valence-corrected chi connectivity index (χ3v) is 6.86. The van der Waals surface area contributed by atoms with Gasteiger partial charge in [0.05, 0.1) is 19.2 Å². The van der Waals surface area contributed by atoms with Crippen LogP contribution in [-0.4, -0.2) is 37.4 Å². The largest absolute Gasteiger partial charge is 0.497 e. The average Bonchev–Trinajstić information content (AvgIpc) is 3.10. The second-order valence-corrected chi connectivity index (χ2v) is 9.15. The molecule has 0 saturated heterocycles. The summed E-state index contributed by atoms with van der Waals surface area (Å²) in [5.74, 6) is 0.226. The highest BCUT2D eigenvalue weighted by atomic mass is 32.1. The number of nitrogens with one attached hydrogen (secondary N) is 1. The number of rotatable bonds is 7. The Hall–Kier alpha value is -2.90. The van der Waals surface area contributed by atoms with E-state index in [2.05, 4.69) is 23.5 Å². The highest BCUT2D eigenvalue weighted by Gasteiger charge is 2.25. The van der Waals surface area contributed by atoms with Crippen LogP contribution < -0.4 is 15.8 Å². The molecule has 31 heavy (non-hydrogen) atoms. The van der Waals surface area contributed by atoms with Gasteiger partial charge in [-0.3, -0.25) is 14.5 Å². The van der Waals surface area contributed by atoms with Crippen LogP contribution in [0, 0.1) is 0 Å². The molecule has 1 aliphatic rings. The Balaban J connectivity index is 1.42. The molecule has 3 N–H and O–H groups in total. The summed E-state index contributed by atoms with van der Waals surface area (Å²) in [4.78, 5) is 27.8. The number of fused-ring (bicyclic) bond motifs is 2. The number of likely N-dealkylation sites (N-methyl/N-ethyl adjacent to an activating group) is 1. The lowest BCUT2D eigenvalue weighted by Gasteiger charge is -2.17. The average molecular weight is 438 g/mol. The Morgan fingerprint density at radius 2 is 1.87 bits per heavy atom. The molecule has 0 aliphatic heterocycles. The minimum atomic E-state index is -0.462. The number of nitrogens with zero attached hydrogens (tertiary/aromatic N) is 1. The van der Waals surface area contributed by atoms with E-state index in [1.165, 1.54) is 16.2 Å². The molecular formula is C24H27N3O3S. The maximum atomic E-state index is 12.7. The Labute approximate surface area is 186 Å². The number of nitrogens with two attached hydrogens (primary N) is 1. The van der Waals surface area contributed by atoms with Crippen molar-refractivity contribution in [3.63, 3.8) is 0 Å². The zero-order valence-electron chi connectivity index (χ0n) is 17.9. The van der Waals surface area contributed by atoms with E-state index in [1.54, 1.807) is 7.11 Å². The molecule has 4 rings (SSSR count). The van der Waals surface area contributed by atoms with Crippen LogP contribution in [0.4, 0.5) is 5.00 Å². The first kappa shape index (κ1) is 21.3. The van der Waals surface area contributed by atoms with Gasteiger partial charge in [0.1, 0.15) is 10.8 Å². The quantitative estimate of drug-likeness (QED) is 0.586. The van der Waals surface area contributed by atoms with Crippen molar-refractivity contribution in [2.24, 2.45) is 5.73 Å². The smallest absolute Gasteiger partial charge is 0.251 e. The molecule has 3 aromatic rings. The fourth-order valence-electron chi connectivity index (χ4n) is 4.19. The third-order valence-electron chi connectivity index (χ3n) is 5.65. The van der Waals surface area contributed by atoms with Crippen molar-refractivity contribution in [1.29, 1.82) is 0 Å². The molecular weight excluding hydrogens is 410 g/mol. The molecule has 6 nitrogen and oxygen atoms in total. The first-order valence-electron chi connectivity index (χ1n) is 10.4. The van der Waals surface area contributed by atoms with Crippen molar-refractivity contribution in [1.82, 2.24) is 4.90 Å². The van der Waals surface area contributed by atoms with Gasteiger partial charge in [-0.2, -0.15) is 0 Å². The van der Waals surface area contributed by atoms with Gasteiger partial charge in [-0.1, -0.05) is 18.2 Å². The van der Waals surface area contributed by atoms with Gasteiger partial charge in [-0.05, 0) is 72.8 Å². The van der Waals surface area contributed by atoms with Crippen LogP contribution in [0.25, 0.3) is 10.8 Å². The number of thiophene rings is 1. The molecule has 2 aromatic carbocycles. The summed E-state index contributed by atoms with van der Waals surface area (Å²) >= 11 is 1.49. The number of methoxy groups -OCH3 is 1. The zero-order valence-corrected chi connectivity index (χ0v) is 18.7. The number of ether oxygens (including phenoxy) is 1. The summed E-state index contributed by atoms with van der Waals surface area (Å²) < 4.78 is 5.28. The summed E-state index contributed by atoms with van der Waals surface area (Å²) in [7, 11) is 3.57. The molecule has 162 valence electrons. The van der Waals surface area contributed by atoms with Gasteiger partial charge in [0.2, 0.25) is 5.91 Å². The van der Waals surface area contributed by atoms with Crippen molar-refractivity contribution in [2.75, 3.05) is 26.0 Å². The van der Waals surface area contributed by atoms with E-state index >= 15 is 0 Å². The lowest BCUT2D eigenvalue weighted by Crippen LogP contribution is -2.30. The van der Waals surface area contributed by atoms with E-state index in [0.717, 1.165) is 53.3 Å². The lowest BCUT2D eigenvalue weighted by atomic mass is 9.95. The summed E-state index contributed by atoms with van der Waals surface area (Å²) in [6.07, 6.45) is 3.97. The maximum Gasteiger partial charge on any atom is 0.251 e. The lowest BCUT2D eigenvalue weighted by molar-refractivity contribution is -0.117. The van der Waals surface area contributed by atoms with E-state index in [1.807, 2.05) is 30.1 Å². The van der Waals surface area contributed by atoms with Crippen molar-refractivity contribution in [3.05, 3.63) is 58.0 Å². The number of aryl methyl sites for hydroxylation is 1. The van der Waals surface area contributed by atoms with Crippen LogP contribution in [-0.2, 0) is 24.2 Å². The first-order chi connectivity index (χ1) is 14.9. The highest BCUT2D eigenvalue weighted by molar-refractivity contribution is 7.17. The SMILES string of the molecule is COc1ccc2cc(CN(C)CC(=O)Nc3sc4c(c3C(N)=O)CCCC4)ccc2c1. The van der Waals surface area contributed by atoms with Crippen LogP contribution in [0.5, 0.6) is 5.75 Å². The number of anilines is 1. The topological polar surface area (TPSA) is 84.7 Å². The van der Waals surface area contributed by atoms with E-state index in [9.17, 15) is 9.59 Å². The van der Waals surface area contributed by atoms with Crippen molar-refractivity contribution in [2.45, 2.75) is 32.2 Å². The van der Waals surface area contributed by atoms with Gasteiger partial charge in [0.25, 0.3) is 5.91 Å². The molecule has 7 heteroatoms. The predicted molar refractivity (Wildman–Crippen MR) is 125 cm³/mol. The second-order valence-electron chi connectivity index (χ2n) is 8.05. The molecule has 0 fully saturated rings. The van der Waals surface area contributed by atoms with Crippen LogP contribution in [0.2, 0.25) is 0 Å². The molecule has 0 radical (unpaired) electrons. The van der Waals surface area contributed by atoms with Gasteiger partial charge in [0, 0.05) is 11.4 Å². The zero-order chi connectivity index (χ0) is 22.0. The van der Waals surface area contributed by atoms with Crippen molar-refractivity contribution < 1.29 is 14.3 Å². The predicted octanol–water partition coefficient (Wildman–Crippen LogP) is 3.96. The van der Waals surface area contributed by atoms with Crippen molar-refractivity contribution >= 4 is 38.9 Å². The monoisotopic (exact) mass is 437 g/mol. The van der Waals surface area contributed by atoms with E-state index in [4.69, 9.17) is 10.5 Å². The van der Waals surface area contributed by atoms with Crippen molar-refractivity contribution in [3.8, 4) is 5.75 Å². The minimum Gasteiger partial charge on any atom is -0.497 e. The van der Waals surface area contributed by atoms with Crippen LogP contribution >= 0.6 is 11.3 Å². The Kier molecular flexibility index (Phi) is 6.25. The van der Waals surface area contributed by atoms with Gasteiger partial charge >= 0.3 is 0 Å². The molecule has 0 atom stereocenters. The molecule has 1 aliphatic carbocycles. The number of amides is 2. The van der Waals surface area contributed by atoms with Crippen LogP contribution in [0.3, 0.4) is 0 Å². The summed E-state index contributed by atoms with van der Waals surface area (Å²) in [5.41, 5.74) is 8.28. The van der Waals surface area contributed by atoms with Gasteiger partial charge in [0.15, 0.2) is 0 Å². The van der Waals surface area contributed by atoms with E-state index in [0.29, 0.717) is 17.1 Å². The molecule has 2 amide bonds. The van der Waals surface area contributed by atoms with Gasteiger partial charge < -0.3 is 15.8 Å². The van der Waals surface area contributed by atoms with Crippen LogP contribution in [0.15, 0.2) is 36.4 Å². The third kappa shape index (κ3) is 4.73. The normalized spacial score (nSPS) is 13.3. The number of hydrogen-bond acceptors (Lipinski definition) is 5. The molecule has 1 aromatic heterocycles. The highest BCUT2D eigenvalue weighted by Crippen LogP contribution is 2.37. The molecule has 0 unspecified atom stereocenters. The standard InChI is InChI=1S/C24H27N3O3S/c1-27(13-15-7-8-17-12-18(30-2)10-9-16(17)11-15)14-21(28)26-24-22(23(25)29)19-5-3-4-6-20(19)31-24/h7-12H,3-6,13-14H2,1-2H3,(H2,25,29)(H,26,28). The summed E-state index contributed by atoms with van der Waals surface area (Å²) in [5, 5.41) is 5.77. The number of hydrogen-bond donors (Lipinski definition) is 2. The number of carbonyl (C=O) groups excluding carboxylic acids is 2. The minimum absolute atomic E-state index is 0.144. The second kappa shape index (κ2) is 9.08. The Morgan fingerprint density at radius 1 is 1.13 bits per heavy atom. The molecule has 1 heterocycles.